The number of piperidine rings is 1. The quantitative estimate of drug-likeness (QED) is 0.860. The molecule has 2 aromatic rings. The highest BCUT2D eigenvalue weighted by Gasteiger charge is 2.19. The molecule has 1 N–H and O–H groups in total. The number of nitrogens with zero attached hydrogens (tertiary/aromatic N) is 3. The topological polar surface area (TPSA) is 76.6 Å². The van der Waals surface area contributed by atoms with E-state index >= 15 is 0 Å². The number of hydrogen-bond acceptors (Lipinski definition) is 6. The zero-order valence-electron chi connectivity index (χ0n) is 14.8. The van der Waals surface area contributed by atoms with E-state index in [0.717, 1.165) is 25.9 Å². The largest absolute Gasteiger partial charge is 0.495 e. The molecule has 0 bridgehead atoms. The van der Waals surface area contributed by atoms with E-state index in [1.54, 1.807) is 19.2 Å². The van der Waals surface area contributed by atoms with Crippen LogP contribution in [-0.4, -0.2) is 48.1 Å². The Morgan fingerprint density at radius 2 is 1.81 bits per heavy atom. The Morgan fingerprint density at radius 1 is 1.08 bits per heavy atom. The molecule has 1 aliphatic heterocycles. The predicted octanol–water partition coefficient (Wildman–Crippen LogP) is 3.52. The second kappa shape index (κ2) is 8.23. The molecule has 0 spiro atoms. The fourth-order valence-electron chi connectivity index (χ4n) is 2.86. The van der Waals surface area contributed by atoms with Gasteiger partial charge in [-0.25, -0.2) is 9.97 Å². The second-order valence-corrected chi connectivity index (χ2v) is 6.36. The summed E-state index contributed by atoms with van der Waals surface area (Å²) >= 11 is 6.11. The smallest absolute Gasteiger partial charge is 0.274 e. The molecule has 0 saturated carbocycles. The molecule has 1 aliphatic rings. The van der Waals surface area contributed by atoms with Gasteiger partial charge in [-0.1, -0.05) is 11.6 Å². The van der Waals surface area contributed by atoms with E-state index in [1.807, 2.05) is 4.90 Å². The van der Waals surface area contributed by atoms with Crippen LogP contribution in [0.5, 0.6) is 11.5 Å². The number of ether oxygens (including phenoxy) is 2. The SMILES string of the molecule is COc1cc(Nc2cnc(C(=O)N3CCCCC3)cn2)c(OC)cc1Cl. The molecule has 0 unspecified atom stereocenters. The van der Waals surface area contributed by atoms with E-state index in [9.17, 15) is 4.79 Å². The van der Waals surface area contributed by atoms with Crippen molar-refractivity contribution in [3.05, 3.63) is 35.2 Å². The van der Waals surface area contributed by atoms with Gasteiger partial charge in [-0.15, -0.1) is 0 Å². The molecule has 26 heavy (non-hydrogen) atoms. The van der Waals surface area contributed by atoms with Gasteiger partial charge in [-0.05, 0) is 19.3 Å². The molecule has 1 saturated heterocycles. The van der Waals surface area contributed by atoms with Crippen LogP contribution in [-0.2, 0) is 0 Å². The number of benzene rings is 1. The van der Waals surface area contributed by atoms with E-state index in [-0.39, 0.29) is 5.91 Å². The number of nitrogens with one attached hydrogen (secondary N) is 1. The van der Waals surface area contributed by atoms with Crippen molar-refractivity contribution in [3.8, 4) is 11.5 Å². The van der Waals surface area contributed by atoms with Gasteiger partial charge in [-0.3, -0.25) is 4.79 Å². The summed E-state index contributed by atoms with van der Waals surface area (Å²) < 4.78 is 10.6. The third kappa shape index (κ3) is 3.99. The molecule has 2 heterocycles. The lowest BCUT2D eigenvalue weighted by atomic mass is 10.1. The number of anilines is 2. The first-order valence-electron chi connectivity index (χ1n) is 8.42. The van der Waals surface area contributed by atoms with Crippen LogP contribution in [0.15, 0.2) is 24.5 Å². The Hall–Kier alpha value is -2.54. The summed E-state index contributed by atoms with van der Waals surface area (Å²) in [5, 5.41) is 3.56. The molecule has 7 nitrogen and oxygen atoms in total. The Labute approximate surface area is 157 Å². The first kappa shape index (κ1) is 18.3. The molecule has 8 heteroatoms. The van der Waals surface area contributed by atoms with Crippen LogP contribution in [0.25, 0.3) is 0 Å². The average Bonchev–Trinajstić information content (AvgIpc) is 2.69. The molecule has 138 valence electrons. The molecule has 0 aliphatic carbocycles. The average molecular weight is 377 g/mol. The molecule has 3 rings (SSSR count). The number of rotatable bonds is 5. The Balaban J connectivity index is 1.76. The highest BCUT2D eigenvalue weighted by Crippen LogP contribution is 2.36. The van der Waals surface area contributed by atoms with Gasteiger partial charge in [0.05, 0.1) is 37.3 Å². The van der Waals surface area contributed by atoms with Crippen molar-refractivity contribution in [3.63, 3.8) is 0 Å². The lowest BCUT2D eigenvalue weighted by molar-refractivity contribution is 0.0718. The van der Waals surface area contributed by atoms with Gasteiger partial charge < -0.3 is 19.7 Å². The highest BCUT2D eigenvalue weighted by molar-refractivity contribution is 6.32. The molecule has 1 aromatic carbocycles. The van der Waals surface area contributed by atoms with E-state index in [2.05, 4.69) is 15.3 Å². The van der Waals surface area contributed by atoms with E-state index in [4.69, 9.17) is 21.1 Å². The van der Waals surface area contributed by atoms with Crippen LogP contribution in [0.2, 0.25) is 5.02 Å². The lowest BCUT2D eigenvalue weighted by Crippen LogP contribution is -2.36. The normalized spacial score (nSPS) is 14.0. The number of hydrogen-bond donors (Lipinski definition) is 1. The number of methoxy groups -OCH3 is 2. The van der Waals surface area contributed by atoms with Crippen LogP contribution in [0.1, 0.15) is 29.8 Å². The summed E-state index contributed by atoms with van der Waals surface area (Å²) in [6.45, 7) is 1.56. The van der Waals surface area contributed by atoms with Crippen LogP contribution in [0, 0.1) is 0 Å². The van der Waals surface area contributed by atoms with Gasteiger partial charge in [0.15, 0.2) is 0 Å². The maximum Gasteiger partial charge on any atom is 0.274 e. The number of aromatic nitrogens is 2. The first-order valence-corrected chi connectivity index (χ1v) is 8.80. The van der Waals surface area contributed by atoms with Crippen molar-refractivity contribution in [2.75, 3.05) is 32.6 Å². The monoisotopic (exact) mass is 376 g/mol. The molecule has 0 atom stereocenters. The minimum Gasteiger partial charge on any atom is -0.495 e. The molecule has 1 amide bonds. The predicted molar refractivity (Wildman–Crippen MR) is 99.6 cm³/mol. The first-order chi connectivity index (χ1) is 12.6. The van der Waals surface area contributed by atoms with Crippen LogP contribution in [0.3, 0.4) is 0 Å². The van der Waals surface area contributed by atoms with Crippen molar-refractivity contribution in [2.24, 2.45) is 0 Å². The minimum absolute atomic E-state index is 0.0745. The summed E-state index contributed by atoms with van der Waals surface area (Å²) in [6, 6.07) is 3.38. The van der Waals surface area contributed by atoms with Crippen molar-refractivity contribution < 1.29 is 14.3 Å². The molecule has 1 fully saturated rings. The summed E-state index contributed by atoms with van der Waals surface area (Å²) in [5.41, 5.74) is 0.983. The van der Waals surface area contributed by atoms with Crippen molar-refractivity contribution in [1.29, 1.82) is 0 Å². The van der Waals surface area contributed by atoms with Crippen LogP contribution in [0.4, 0.5) is 11.5 Å². The zero-order chi connectivity index (χ0) is 18.5. The highest BCUT2D eigenvalue weighted by atomic mass is 35.5. The molecule has 0 radical (unpaired) electrons. The van der Waals surface area contributed by atoms with Gasteiger partial charge in [0.25, 0.3) is 5.91 Å². The Kier molecular flexibility index (Phi) is 5.78. The van der Waals surface area contributed by atoms with Gasteiger partial charge >= 0.3 is 0 Å². The summed E-state index contributed by atoms with van der Waals surface area (Å²) in [7, 11) is 3.09. The number of likely N-dealkylation sites (tertiary alicyclic amines) is 1. The standard InChI is InChI=1S/C18H21ClN4O3/c1-25-15-9-13(16(26-2)8-12(15)19)22-17-11-20-14(10-21-17)18(24)23-6-4-3-5-7-23/h8-11H,3-7H2,1-2H3,(H,21,22). The third-order valence-electron chi connectivity index (χ3n) is 4.25. The van der Waals surface area contributed by atoms with Crippen LogP contribution < -0.4 is 14.8 Å². The number of carbonyl (C=O) groups excluding carboxylic acids is 1. The summed E-state index contributed by atoms with van der Waals surface area (Å²) in [4.78, 5) is 22.8. The fourth-order valence-corrected chi connectivity index (χ4v) is 3.09. The minimum atomic E-state index is -0.0745. The zero-order valence-corrected chi connectivity index (χ0v) is 15.5. The summed E-state index contributed by atoms with van der Waals surface area (Å²) in [6.07, 6.45) is 6.26. The number of amides is 1. The van der Waals surface area contributed by atoms with Gasteiger partial charge in [0.2, 0.25) is 0 Å². The van der Waals surface area contributed by atoms with E-state index < -0.39 is 0 Å². The van der Waals surface area contributed by atoms with Crippen LogP contribution >= 0.6 is 11.6 Å². The number of halogens is 1. The molecular weight excluding hydrogens is 356 g/mol. The van der Waals surface area contributed by atoms with Crippen molar-refractivity contribution >= 4 is 29.0 Å². The Bertz CT molecular complexity index is 777. The Morgan fingerprint density at radius 3 is 2.42 bits per heavy atom. The lowest BCUT2D eigenvalue weighted by Gasteiger charge is -2.26. The number of carbonyl (C=O) groups is 1. The van der Waals surface area contributed by atoms with Crippen molar-refractivity contribution in [2.45, 2.75) is 19.3 Å². The van der Waals surface area contributed by atoms with Gasteiger partial charge in [0.1, 0.15) is 23.0 Å². The van der Waals surface area contributed by atoms with Gasteiger partial charge in [0, 0.05) is 25.2 Å². The summed E-state index contributed by atoms with van der Waals surface area (Å²) in [5.74, 6) is 1.48. The molecular formula is C18H21ClN4O3. The van der Waals surface area contributed by atoms with E-state index in [1.165, 1.54) is 25.9 Å². The van der Waals surface area contributed by atoms with Crippen molar-refractivity contribution in [1.82, 2.24) is 14.9 Å². The third-order valence-corrected chi connectivity index (χ3v) is 4.55. The maximum absolute atomic E-state index is 12.4. The maximum atomic E-state index is 12.4. The second-order valence-electron chi connectivity index (χ2n) is 5.95. The van der Waals surface area contributed by atoms with E-state index in [0.29, 0.717) is 33.7 Å². The van der Waals surface area contributed by atoms with Gasteiger partial charge in [-0.2, -0.15) is 0 Å². The molecule has 1 aromatic heterocycles. The fraction of sp³-hybridized carbons (Fsp3) is 0.389.